The van der Waals surface area contributed by atoms with Gasteiger partial charge < -0.3 is 10.1 Å². The Morgan fingerprint density at radius 2 is 1.84 bits per heavy atom. The number of halogens is 5. The van der Waals surface area contributed by atoms with Crippen LogP contribution in [0.5, 0.6) is 5.75 Å². The average Bonchev–Trinajstić information content (AvgIpc) is 2.76. The number of hydrogen-bond donors (Lipinski definition) is 1. The van der Waals surface area contributed by atoms with E-state index in [1.807, 2.05) is 30.3 Å². The highest BCUT2D eigenvalue weighted by Gasteiger charge is 2.15. The molecule has 0 aromatic heterocycles. The summed E-state index contributed by atoms with van der Waals surface area (Å²) in [6, 6.07) is 18.0. The van der Waals surface area contributed by atoms with Gasteiger partial charge in [-0.2, -0.15) is 5.26 Å². The summed E-state index contributed by atoms with van der Waals surface area (Å²) in [4.78, 5) is 12.6. The maximum atomic E-state index is 12.6. The van der Waals surface area contributed by atoms with Crippen LogP contribution >= 0.6 is 73.3 Å². The second kappa shape index (κ2) is 11.4. The van der Waals surface area contributed by atoms with E-state index in [-0.39, 0.29) is 10.6 Å². The molecule has 0 aliphatic rings. The van der Waals surface area contributed by atoms with Crippen molar-refractivity contribution in [2.75, 3.05) is 5.32 Å². The van der Waals surface area contributed by atoms with Crippen molar-refractivity contribution in [3.05, 3.63) is 94.4 Å². The van der Waals surface area contributed by atoms with E-state index in [9.17, 15) is 10.1 Å². The number of carbonyl (C=O) groups excluding carboxylic acids is 1. The molecule has 0 aliphatic carbocycles. The summed E-state index contributed by atoms with van der Waals surface area (Å²) in [7, 11) is 0. The predicted octanol–water partition coefficient (Wildman–Crippen LogP) is 8.14. The third kappa shape index (κ3) is 6.40. The second-order valence-corrected chi connectivity index (χ2v) is 9.75. The van der Waals surface area contributed by atoms with Gasteiger partial charge in [0.2, 0.25) is 0 Å². The van der Waals surface area contributed by atoms with Gasteiger partial charge in [-0.25, -0.2) is 0 Å². The van der Waals surface area contributed by atoms with Crippen LogP contribution in [-0.4, -0.2) is 5.91 Å². The second-order valence-electron chi connectivity index (χ2n) is 6.45. The highest BCUT2D eigenvalue weighted by Crippen LogP contribution is 2.36. The summed E-state index contributed by atoms with van der Waals surface area (Å²) in [6.45, 7) is 0.344. The van der Waals surface area contributed by atoms with Gasteiger partial charge in [0, 0.05) is 3.57 Å². The largest absolute Gasteiger partial charge is 0.486 e. The van der Waals surface area contributed by atoms with E-state index in [4.69, 9.17) is 39.5 Å². The van der Waals surface area contributed by atoms with Crippen molar-refractivity contribution in [1.29, 1.82) is 5.26 Å². The van der Waals surface area contributed by atoms with E-state index in [1.54, 1.807) is 30.3 Å². The monoisotopic (exact) mass is 660 g/mol. The van der Waals surface area contributed by atoms with Crippen LogP contribution in [-0.2, 0) is 11.4 Å². The van der Waals surface area contributed by atoms with E-state index in [1.165, 1.54) is 6.08 Å². The lowest BCUT2D eigenvalue weighted by Crippen LogP contribution is -2.13. The molecule has 162 valence electrons. The standard InChI is InChI=1S/C23H13BrCl3IN2O2/c24-17-9-14(10-19(26)22(17)32-12-13-4-6-16(28)7-5-13)8-15(11-29)23(31)30-20-3-1-2-18(25)21(20)27/h1-10H,12H2,(H,30,31)/b15-8-. The molecule has 4 nitrogen and oxygen atoms in total. The van der Waals surface area contributed by atoms with Crippen molar-refractivity contribution in [3.8, 4) is 11.8 Å². The van der Waals surface area contributed by atoms with Gasteiger partial charge in [0.25, 0.3) is 5.91 Å². The van der Waals surface area contributed by atoms with Crippen LogP contribution in [0.15, 0.2) is 64.6 Å². The lowest BCUT2D eigenvalue weighted by molar-refractivity contribution is -0.112. The third-order valence-electron chi connectivity index (χ3n) is 4.19. The van der Waals surface area contributed by atoms with E-state index in [2.05, 4.69) is 43.8 Å². The predicted molar refractivity (Wildman–Crippen MR) is 141 cm³/mol. The van der Waals surface area contributed by atoms with Gasteiger partial charge >= 0.3 is 0 Å². The van der Waals surface area contributed by atoms with Gasteiger partial charge in [-0.15, -0.1) is 0 Å². The van der Waals surface area contributed by atoms with Gasteiger partial charge in [-0.3, -0.25) is 4.79 Å². The molecule has 0 spiro atoms. The molecule has 0 aliphatic heterocycles. The number of nitriles is 1. The summed E-state index contributed by atoms with van der Waals surface area (Å²) in [5.41, 5.74) is 1.73. The fraction of sp³-hybridized carbons (Fsp3) is 0.0435. The van der Waals surface area contributed by atoms with Crippen LogP contribution in [0.2, 0.25) is 15.1 Å². The van der Waals surface area contributed by atoms with Gasteiger partial charge in [0.05, 0.1) is 25.2 Å². The normalized spacial score (nSPS) is 11.1. The van der Waals surface area contributed by atoms with E-state index < -0.39 is 5.91 Å². The van der Waals surface area contributed by atoms with E-state index in [0.29, 0.717) is 38.1 Å². The first-order chi connectivity index (χ1) is 15.3. The van der Waals surface area contributed by atoms with Gasteiger partial charge in [-0.05, 0) is 92.1 Å². The Kier molecular flexibility index (Phi) is 8.86. The molecule has 9 heteroatoms. The first-order valence-electron chi connectivity index (χ1n) is 9.02. The molecular weight excluding hydrogens is 649 g/mol. The fourth-order valence-electron chi connectivity index (χ4n) is 2.64. The number of rotatable bonds is 6. The molecule has 1 amide bonds. The molecule has 32 heavy (non-hydrogen) atoms. The Labute approximate surface area is 222 Å². The minimum absolute atomic E-state index is 0.128. The number of nitrogens with one attached hydrogen (secondary N) is 1. The number of ether oxygens (including phenoxy) is 1. The Hall–Kier alpha value is -1.76. The van der Waals surface area contributed by atoms with Crippen LogP contribution in [0.4, 0.5) is 5.69 Å². The zero-order valence-electron chi connectivity index (χ0n) is 16.1. The van der Waals surface area contributed by atoms with Crippen LogP contribution in [0, 0.1) is 14.9 Å². The van der Waals surface area contributed by atoms with Crippen LogP contribution in [0.3, 0.4) is 0 Å². The first kappa shape index (κ1) is 24.9. The number of benzene rings is 3. The minimum atomic E-state index is -0.622. The van der Waals surface area contributed by atoms with Gasteiger partial charge in [0.15, 0.2) is 5.75 Å². The molecule has 0 fully saturated rings. The van der Waals surface area contributed by atoms with Crippen molar-refractivity contribution >= 4 is 91.0 Å². The zero-order valence-corrected chi connectivity index (χ0v) is 22.1. The molecule has 0 saturated heterocycles. The number of anilines is 1. The molecule has 3 aromatic rings. The van der Waals surface area contributed by atoms with Crippen LogP contribution < -0.4 is 10.1 Å². The van der Waals surface area contributed by atoms with Crippen molar-refractivity contribution in [1.82, 2.24) is 0 Å². The number of hydrogen-bond acceptors (Lipinski definition) is 3. The molecular formula is C23H13BrCl3IN2O2. The topological polar surface area (TPSA) is 62.1 Å². The SMILES string of the molecule is N#C/C(=C/c1cc(Cl)c(OCc2ccc(I)cc2)c(Br)c1)C(=O)Nc1cccc(Cl)c1Cl. The first-order valence-corrected chi connectivity index (χ1v) is 12.0. The fourth-order valence-corrected chi connectivity index (χ4v) is 4.34. The molecule has 1 N–H and O–H groups in total. The number of nitrogens with zero attached hydrogens (tertiary/aromatic N) is 1. The Morgan fingerprint density at radius 1 is 1.12 bits per heavy atom. The summed E-state index contributed by atoms with van der Waals surface area (Å²) >= 11 is 24.2. The van der Waals surface area contributed by atoms with Crippen molar-refractivity contribution in [2.24, 2.45) is 0 Å². The summed E-state index contributed by atoms with van der Waals surface area (Å²) in [5.74, 6) is -0.154. The number of amides is 1. The van der Waals surface area contributed by atoms with Gasteiger partial charge in [-0.1, -0.05) is 53.0 Å². The quantitative estimate of drug-likeness (QED) is 0.165. The Balaban J connectivity index is 1.78. The molecule has 0 atom stereocenters. The molecule has 0 saturated carbocycles. The lowest BCUT2D eigenvalue weighted by Gasteiger charge is -2.12. The van der Waals surface area contributed by atoms with Crippen molar-refractivity contribution < 1.29 is 9.53 Å². The lowest BCUT2D eigenvalue weighted by atomic mass is 10.1. The van der Waals surface area contributed by atoms with Crippen molar-refractivity contribution in [2.45, 2.75) is 6.61 Å². The summed E-state index contributed by atoms with van der Waals surface area (Å²) < 4.78 is 7.59. The highest BCUT2D eigenvalue weighted by molar-refractivity contribution is 14.1. The molecule has 0 radical (unpaired) electrons. The number of carbonyl (C=O) groups is 1. The zero-order chi connectivity index (χ0) is 23.3. The smallest absolute Gasteiger partial charge is 0.266 e. The Bertz CT molecular complexity index is 1220. The molecule has 3 aromatic carbocycles. The van der Waals surface area contributed by atoms with E-state index in [0.717, 1.165) is 9.13 Å². The molecule has 3 rings (SSSR count). The van der Waals surface area contributed by atoms with Gasteiger partial charge in [0.1, 0.15) is 18.2 Å². The summed E-state index contributed by atoms with van der Waals surface area (Å²) in [5, 5.41) is 12.9. The van der Waals surface area contributed by atoms with Crippen LogP contribution in [0.1, 0.15) is 11.1 Å². The molecule has 0 unspecified atom stereocenters. The molecule has 0 bridgehead atoms. The third-order valence-corrected chi connectivity index (χ3v) is 6.60. The maximum Gasteiger partial charge on any atom is 0.266 e. The van der Waals surface area contributed by atoms with E-state index >= 15 is 0 Å². The van der Waals surface area contributed by atoms with Crippen LogP contribution in [0.25, 0.3) is 6.08 Å². The summed E-state index contributed by atoms with van der Waals surface area (Å²) in [6.07, 6.45) is 1.42. The highest BCUT2D eigenvalue weighted by atomic mass is 127. The van der Waals surface area contributed by atoms with Crippen molar-refractivity contribution in [3.63, 3.8) is 0 Å². The maximum absolute atomic E-state index is 12.6. The molecule has 0 heterocycles. The average molecular weight is 663 g/mol. The minimum Gasteiger partial charge on any atom is -0.486 e. The Morgan fingerprint density at radius 3 is 2.50 bits per heavy atom.